The van der Waals surface area contributed by atoms with Gasteiger partial charge in [-0.25, -0.2) is 0 Å². The molecule has 1 N–H and O–H groups in total. The van der Waals surface area contributed by atoms with Crippen molar-refractivity contribution in [2.24, 2.45) is 0 Å². The molecule has 1 saturated carbocycles. The molecule has 0 unspecified atom stereocenters. The van der Waals surface area contributed by atoms with Crippen LogP contribution >= 0.6 is 0 Å². The van der Waals surface area contributed by atoms with Crippen LogP contribution in [0.5, 0.6) is 0 Å². The van der Waals surface area contributed by atoms with Gasteiger partial charge in [0.1, 0.15) is 6.61 Å². The van der Waals surface area contributed by atoms with Crippen LogP contribution in [0.15, 0.2) is 24.3 Å². The summed E-state index contributed by atoms with van der Waals surface area (Å²) < 4.78 is 0. The van der Waals surface area contributed by atoms with Gasteiger partial charge >= 0.3 is 0 Å². The Kier molecular flexibility index (Phi) is 1.66. The Balaban J connectivity index is 2.26. The van der Waals surface area contributed by atoms with Gasteiger partial charge in [-0.1, -0.05) is 24.3 Å². The summed E-state index contributed by atoms with van der Waals surface area (Å²) >= 11 is 0. The van der Waals surface area contributed by atoms with Gasteiger partial charge in [-0.15, -0.1) is 0 Å². The zero-order valence-corrected chi connectivity index (χ0v) is 6.33. The van der Waals surface area contributed by atoms with Crippen LogP contribution in [0.1, 0.15) is 29.9 Å². The second-order valence-corrected chi connectivity index (χ2v) is 3.07. The molecule has 0 bridgehead atoms. The Bertz CT molecular complexity index is 251. The Hall–Kier alpha value is -0.820. The van der Waals surface area contributed by atoms with E-state index in [4.69, 9.17) is 5.11 Å². The maximum Gasteiger partial charge on any atom is 0.109 e. The molecule has 1 aliphatic carbocycles. The minimum Gasteiger partial charge on any atom is -0.385 e. The van der Waals surface area contributed by atoms with Crippen molar-refractivity contribution in [3.05, 3.63) is 42.0 Å². The zero-order valence-electron chi connectivity index (χ0n) is 6.33. The van der Waals surface area contributed by atoms with Crippen molar-refractivity contribution in [2.45, 2.75) is 18.8 Å². The van der Waals surface area contributed by atoms with Crippen LogP contribution in [0.3, 0.4) is 0 Å². The molecule has 1 aromatic carbocycles. The van der Waals surface area contributed by atoms with Crippen LogP contribution in [0, 0.1) is 6.61 Å². The highest BCUT2D eigenvalue weighted by Crippen LogP contribution is 2.40. The lowest BCUT2D eigenvalue weighted by molar-refractivity contribution is 0.415. The van der Waals surface area contributed by atoms with Gasteiger partial charge in [0.25, 0.3) is 0 Å². The second kappa shape index (κ2) is 2.67. The summed E-state index contributed by atoms with van der Waals surface area (Å²) in [6, 6.07) is 8.09. The van der Waals surface area contributed by atoms with Crippen LogP contribution in [0.25, 0.3) is 0 Å². The summed E-state index contributed by atoms with van der Waals surface area (Å²) in [5.41, 5.74) is 2.28. The van der Waals surface area contributed by atoms with E-state index in [0.29, 0.717) is 0 Å². The molecular formula is C10H11O. The molecule has 1 nitrogen and oxygen atoms in total. The Morgan fingerprint density at radius 1 is 1.36 bits per heavy atom. The van der Waals surface area contributed by atoms with E-state index >= 15 is 0 Å². The average Bonchev–Trinajstić information content (AvgIpc) is 2.87. The fraction of sp³-hybridized carbons (Fsp3) is 0.300. The van der Waals surface area contributed by atoms with E-state index < -0.39 is 0 Å². The zero-order chi connectivity index (χ0) is 7.68. The van der Waals surface area contributed by atoms with E-state index in [9.17, 15) is 0 Å². The van der Waals surface area contributed by atoms with Crippen molar-refractivity contribution in [3.8, 4) is 0 Å². The van der Waals surface area contributed by atoms with Gasteiger partial charge < -0.3 is 5.11 Å². The molecule has 1 aromatic rings. The fourth-order valence-corrected chi connectivity index (χ4v) is 1.31. The predicted octanol–water partition coefficient (Wildman–Crippen LogP) is 2.45. The van der Waals surface area contributed by atoms with Crippen molar-refractivity contribution < 1.29 is 5.11 Å². The van der Waals surface area contributed by atoms with Gasteiger partial charge in [0, 0.05) is 0 Å². The summed E-state index contributed by atoms with van der Waals surface area (Å²) in [7, 11) is 0. The highest BCUT2D eigenvalue weighted by molar-refractivity contribution is 5.31. The molecule has 0 amide bonds. The van der Waals surface area contributed by atoms with Crippen molar-refractivity contribution in [1.29, 1.82) is 0 Å². The van der Waals surface area contributed by atoms with E-state index in [0.717, 1.165) is 18.1 Å². The van der Waals surface area contributed by atoms with E-state index in [-0.39, 0.29) is 0 Å². The molecule has 1 radical (unpaired) electrons. The number of hydrogen-bond donors (Lipinski definition) is 1. The summed E-state index contributed by atoms with van der Waals surface area (Å²) in [4.78, 5) is 0. The number of rotatable bonds is 2. The standard InChI is InChI=1S/C10H11O/c11-7-8-2-1-3-10(6-8)9-4-5-9/h1-3,6-7,9,11H,4-5H2. The van der Waals surface area contributed by atoms with Crippen LogP contribution in [-0.2, 0) is 0 Å². The molecule has 1 heteroatoms. The van der Waals surface area contributed by atoms with Crippen molar-refractivity contribution in [1.82, 2.24) is 0 Å². The van der Waals surface area contributed by atoms with Crippen molar-refractivity contribution in [2.75, 3.05) is 0 Å². The lowest BCUT2D eigenvalue weighted by Gasteiger charge is -1.99. The first-order valence-electron chi connectivity index (χ1n) is 3.97. The molecule has 0 atom stereocenters. The highest BCUT2D eigenvalue weighted by Gasteiger charge is 2.23. The van der Waals surface area contributed by atoms with Crippen molar-refractivity contribution in [3.63, 3.8) is 0 Å². The van der Waals surface area contributed by atoms with E-state index in [1.165, 1.54) is 18.4 Å². The fourth-order valence-electron chi connectivity index (χ4n) is 1.31. The molecule has 57 valence electrons. The Morgan fingerprint density at radius 2 is 2.18 bits per heavy atom. The van der Waals surface area contributed by atoms with Gasteiger partial charge in [0.15, 0.2) is 0 Å². The van der Waals surface area contributed by atoms with Gasteiger partial charge in [-0.2, -0.15) is 0 Å². The average molecular weight is 147 g/mol. The third kappa shape index (κ3) is 1.43. The normalized spacial score (nSPS) is 16.8. The van der Waals surface area contributed by atoms with Gasteiger partial charge in [0.05, 0.1) is 0 Å². The summed E-state index contributed by atoms with van der Waals surface area (Å²) in [6.45, 7) is 1.16. The van der Waals surface area contributed by atoms with Crippen LogP contribution in [-0.4, -0.2) is 5.11 Å². The maximum absolute atomic E-state index is 8.74. The molecular weight excluding hydrogens is 136 g/mol. The lowest BCUT2D eigenvalue weighted by Crippen LogP contribution is -1.83. The van der Waals surface area contributed by atoms with Crippen LogP contribution in [0.2, 0.25) is 0 Å². The molecule has 0 saturated heterocycles. The third-order valence-corrected chi connectivity index (χ3v) is 2.11. The maximum atomic E-state index is 8.74. The lowest BCUT2D eigenvalue weighted by atomic mass is 10.1. The SMILES string of the molecule is O[CH]c1cccc(C2CC2)c1. The van der Waals surface area contributed by atoms with Crippen LogP contribution < -0.4 is 0 Å². The first-order chi connectivity index (χ1) is 5.40. The minimum absolute atomic E-state index is 0.773. The molecule has 1 aliphatic rings. The van der Waals surface area contributed by atoms with Crippen molar-refractivity contribution >= 4 is 0 Å². The minimum atomic E-state index is 0.773. The van der Waals surface area contributed by atoms with Gasteiger partial charge in [0.2, 0.25) is 0 Å². The molecule has 11 heavy (non-hydrogen) atoms. The summed E-state index contributed by atoms with van der Waals surface area (Å²) in [5.74, 6) is 0.773. The quantitative estimate of drug-likeness (QED) is 0.681. The number of aliphatic hydroxyl groups excluding tert-OH is 1. The largest absolute Gasteiger partial charge is 0.385 e. The predicted molar refractivity (Wildman–Crippen MR) is 43.8 cm³/mol. The molecule has 0 aliphatic heterocycles. The van der Waals surface area contributed by atoms with E-state index in [1.54, 1.807) is 0 Å². The topological polar surface area (TPSA) is 20.2 Å². The van der Waals surface area contributed by atoms with E-state index in [2.05, 4.69) is 12.1 Å². The first-order valence-corrected chi connectivity index (χ1v) is 3.97. The molecule has 2 rings (SSSR count). The molecule has 0 spiro atoms. The smallest absolute Gasteiger partial charge is 0.109 e. The Morgan fingerprint density at radius 3 is 2.82 bits per heavy atom. The molecule has 1 fully saturated rings. The van der Waals surface area contributed by atoms with E-state index in [1.807, 2.05) is 12.1 Å². The monoisotopic (exact) mass is 147 g/mol. The summed E-state index contributed by atoms with van der Waals surface area (Å²) in [5, 5.41) is 8.74. The van der Waals surface area contributed by atoms with Gasteiger partial charge in [-0.05, 0) is 29.9 Å². The highest BCUT2D eigenvalue weighted by atomic mass is 16.3. The molecule has 0 heterocycles. The number of aliphatic hydroxyl groups is 1. The molecule has 0 aromatic heterocycles. The Labute approximate surface area is 66.7 Å². The number of benzene rings is 1. The van der Waals surface area contributed by atoms with Gasteiger partial charge in [-0.3, -0.25) is 0 Å². The second-order valence-electron chi connectivity index (χ2n) is 3.07. The third-order valence-electron chi connectivity index (χ3n) is 2.11. The first kappa shape index (κ1) is 6.86. The van der Waals surface area contributed by atoms with Crippen LogP contribution in [0.4, 0.5) is 0 Å². The number of hydrogen-bond acceptors (Lipinski definition) is 1. The summed E-state index contributed by atoms with van der Waals surface area (Å²) in [6.07, 6.45) is 2.63.